The van der Waals surface area contributed by atoms with Crippen LogP contribution in [0.2, 0.25) is 0 Å². The van der Waals surface area contributed by atoms with E-state index in [4.69, 9.17) is 9.47 Å². The average molecular weight is 339 g/mol. The van der Waals surface area contributed by atoms with Crippen LogP contribution in [-0.4, -0.2) is 27.7 Å². The highest BCUT2D eigenvalue weighted by molar-refractivity contribution is 7.09. The van der Waals surface area contributed by atoms with Crippen molar-refractivity contribution < 1.29 is 14.3 Å². The zero-order chi connectivity index (χ0) is 16.5. The van der Waals surface area contributed by atoms with Gasteiger partial charge in [0.2, 0.25) is 0 Å². The molecule has 0 bridgehead atoms. The number of benzene rings is 1. The highest BCUT2D eigenvalue weighted by Gasteiger charge is 2.17. The molecule has 1 aromatic carbocycles. The van der Waals surface area contributed by atoms with Crippen molar-refractivity contribution in [3.05, 3.63) is 58.5 Å². The molecule has 4 aromatic rings. The van der Waals surface area contributed by atoms with Gasteiger partial charge in [-0.3, -0.25) is 0 Å². The molecule has 0 unspecified atom stereocenters. The first-order chi connectivity index (χ1) is 11.8. The van der Waals surface area contributed by atoms with Crippen molar-refractivity contribution in [1.29, 1.82) is 0 Å². The molecule has 0 aliphatic rings. The molecule has 7 heteroatoms. The summed E-state index contributed by atoms with van der Waals surface area (Å²) in [5.41, 5.74) is 1.62. The van der Waals surface area contributed by atoms with Gasteiger partial charge in [-0.05, 0) is 23.6 Å². The van der Waals surface area contributed by atoms with E-state index >= 15 is 0 Å². The lowest BCUT2D eigenvalue weighted by molar-refractivity contribution is 0.0479. The number of hydrogen-bond acceptors (Lipinski definition) is 6. The van der Waals surface area contributed by atoms with Crippen LogP contribution in [0.5, 0.6) is 5.75 Å². The van der Waals surface area contributed by atoms with Crippen LogP contribution < -0.4 is 4.74 Å². The van der Waals surface area contributed by atoms with Crippen molar-refractivity contribution in [2.75, 3.05) is 7.11 Å². The van der Waals surface area contributed by atoms with E-state index < -0.39 is 5.97 Å². The lowest BCUT2D eigenvalue weighted by Gasteiger charge is -2.05. The Kier molecular flexibility index (Phi) is 3.62. The quantitative estimate of drug-likeness (QED) is 0.534. The van der Waals surface area contributed by atoms with E-state index in [0.717, 1.165) is 15.8 Å². The molecule has 0 fully saturated rings. The van der Waals surface area contributed by atoms with E-state index in [1.54, 1.807) is 29.2 Å². The Bertz CT molecular complexity index is 1020. The van der Waals surface area contributed by atoms with Crippen molar-refractivity contribution in [3.8, 4) is 5.75 Å². The monoisotopic (exact) mass is 339 g/mol. The van der Waals surface area contributed by atoms with Gasteiger partial charge in [-0.25, -0.2) is 14.3 Å². The summed E-state index contributed by atoms with van der Waals surface area (Å²) in [7, 11) is 1.61. The Morgan fingerprint density at radius 1 is 1.29 bits per heavy atom. The number of nitrogens with zero attached hydrogens (tertiary/aromatic N) is 3. The predicted molar refractivity (Wildman–Crippen MR) is 90.5 cm³/mol. The molecular weight excluding hydrogens is 326 g/mol. The van der Waals surface area contributed by atoms with Crippen LogP contribution in [0.3, 0.4) is 0 Å². The zero-order valence-electron chi connectivity index (χ0n) is 12.8. The Balaban J connectivity index is 1.71. The summed E-state index contributed by atoms with van der Waals surface area (Å²) >= 11 is 1.54. The number of methoxy groups -OCH3 is 1. The van der Waals surface area contributed by atoms with Gasteiger partial charge < -0.3 is 9.47 Å². The third-order valence-corrected chi connectivity index (χ3v) is 4.53. The van der Waals surface area contributed by atoms with Gasteiger partial charge in [0, 0.05) is 22.5 Å². The largest absolute Gasteiger partial charge is 0.497 e. The van der Waals surface area contributed by atoms with Gasteiger partial charge in [0.15, 0.2) is 5.65 Å². The van der Waals surface area contributed by atoms with Crippen molar-refractivity contribution >= 4 is 33.9 Å². The highest BCUT2D eigenvalue weighted by atomic mass is 32.1. The van der Waals surface area contributed by atoms with Gasteiger partial charge in [-0.1, -0.05) is 6.07 Å². The summed E-state index contributed by atoms with van der Waals surface area (Å²) in [6.07, 6.45) is 3.19. The number of esters is 1. The van der Waals surface area contributed by atoms with Crippen molar-refractivity contribution in [2.24, 2.45) is 0 Å². The molecule has 0 spiro atoms. The molecule has 3 heterocycles. The lowest BCUT2D eigenvalue weighted by atomic mass is 10.2. The summed E-state index contributed by atoms with van der Waals surface area (Å²) in [4.78, 5) is 17.7. The van der Waals surface area contributed by atoms with Crippen LogP contribution in [0, 0.1) is 0 Å². The molecule has 0 N–H and O–H groups in total. The number of carbonyl (C=O) groups is 1. The van der Waals surface area contributed by atoms with Crippen molar-refractivity contribution in [1.82, 2.24) is 14.6 Å². The Morgan fingerprint density at radius 3 is 3.00 bits per heavy atom. The van der Waals surface area contributed by atoms with Crippen LogP contribution in [0.25, 0.3) is 16.6 Å². The van der Waals surface area contributed by atoms with E-state index in [1.165, 1.54) is 6.20 Å². The van der Waals surface area contributed by atoms with Crippen LogP contribution in [-0.2, 0) is 11.3 Å². The Morgan fingerprint density at radius 2 is 2.21 bits per heavy atom. The summed E-state index contributed by atoms with van der Waals surface area (Å²) in [5, 5.41) is 7.14. The maximum atomic E-state index is 12.3. The zero-order valence-corrected chi connectivity index (χ0v) is 13.6. The van der Waals surface area contributed by atoms with Crippen LogP contribution in [0.4, 0.5) is 0 Å². The third kappa shape index (κ3) is 2.48. The molecule has 0 amide bonds. The molecule has 0 aliphatic carbocycles. The van der Waals surface area contributed by atoms with Gasteiger partial charge in [-0.15, -0.1) is 11.3 Å². The molecule has 24 heavy (non-hydrogen) atoms. The van der Waals surface area contributed by atoms with E-state index in [-0.39, 0.29) is 6.61 Å². The van der Waals surface area contributed by atoms with E-state index in [2.05, 4.69) is 10.1 Å². The molecule has 0 aliphatic heterocycles. The fraction of sp³-hybridized carbons (Fsp3) is 0.118. The fourth-order valence-corrected chi connectivity index (χ4v) is 3.09. The summed E-state index contributed by atoms with van der Waals surface area (Å²) in [6.45, 7) is 0.245. The smallest absolute Gasteiger partial charge is 0.344 e. The second-order valence-electron chi connectivity index (χ2n) is 5.13. The molecule has 0 atom stereocenters. The fourth-order valence-electron chi connectivity index (χ4n) is 2.47. The van der Waals surface area contributed by atoms with Crippen LogP contribution in [0.15, 0.2) is 48.1 Å². The SMILES string of the molecule is COc1ccc2cnc3c(C(=O)OCc4cccs4)cnn3c2c1. The second-order valence-corrected chi connectivity index (χ2v) is 6.16. The number of hydrogen-bond donors (Lipinski definition) is 0. The van der Waals surface area contributed by atoms with Gasteiger partial charge in [0.05, 0.1) is 18.8 Å². The molecular formula is C17H13N3O3S. The minimum atomic E-state index is -0.437. The Labute approximate surface area is 141 Å². The van der Waals surface area contributed by atoms with Gasteiger partial charge in [0.25, 0.3) is 0 Å². The van der Waals surface area contributed by atoms with E-state index in [9.17, 15) is 4.79 Å². The highest BCUT2D eigenvalue weighted by Crippen LogP contribution is 2.22. The molecule has 6 nitrogen and oxygen atoms in total. The number of ether oxygens (including phenoxy) is 2. The molecule has 0 saturated heterocycles. The molecule has 0 saturated carbocycles. The second kappa shape index (κ2) is 5.93. The maximum Gasteiger partial charge on any atom is 0.344 e. The van der Waals surface area contributed by atoms with Gasteiger partial charge in [0.1, 0.15) is 17.9 Å². The number of rotatable bonds is 4. The topological polar surface area (TPSA) is 65.7 Å². The molecule has 0 radical (unpaired) electrons. The first kappa shape index (κ1) is 14.6. The van der Waals surface area contributed by atoms with Crippen molar-refractivity contribution in [2.45, 2.75) is 6.61 Å². The summed E-state index contributed by atoms with van der Waals surface area (Å²) in [6, 6.07) is 9.46. The number of thiophene rings is 1. The number of aromatic nitrogens is 3. The van der Waals surface area contributed by atoms with Crippen LogP contribution in [0.1, 0.15) is 15.2 Å². The minimum Gasteiger partial charge on any atom is -0.497 e. The number of carbonyl (C=O) groups excluding carboxylic acids is 1. The minimum absolute atomic E-state index is 0.245. The van der Waals surface area contributed by atoms with Crippen molar-refractivity contribution in [3.63, 3.8) is 0 Å². The maximum absolute atomic E-state index is 12.3. The predicted octanol–water partition coefficient (Wildman–Crippen LogP) is 3.31. The standard InChI is InChI=1S/C17H13N3O3S/c1-22-12-5-4-11-8-18-16-14(9-19-20(16)15(11)7-12)17(21)23-10-13-3-2-6-24-13/h2-9H,10H2,1H3. The molecule has 120 valence electrons. The first-order valence-electron chi connectivity index (χ1n) is 7.26. The number of fused-ring (bicyclic) bond motifs is 3. The molecule has 4 rings (SSSR count). The third-order valence-electron chi connectivity index (χ3n) is 3.68. The van der Waals surface area contributed by atoms with Gasteiger partial charge >= 0.3 is 5.97 Å². The molecule has 3 aromatic heterocycles. The van der Waals surface area contributed by atoms with Crippen LogP contribution >= 0.6 is 11.3 Å². The summed E-state index contributed by atoms with van der Waals surface area (Å²) in [5.74, 6) is 0.278. The normalized spacial score (nSPS) is 11.0. The lowest BCUT2D eigenvalue weighted by Crippen LogP contribution is -2.05. The Hall–Kier alpha value is -2.93. The first-order valence-corrected chi connectivity index (χ1v) is 8.14. The van der Waals surface area contributed by atoms with E-state index in [0.29, 0.717) is 17.0 Å². The van der Waals surface area contributed by atoms with Gasteiger partial charge in [-0.2, -0.15) is 5.10 Å². The average Bonchev–Trinajstić information content (AvgIpc) is 3.28. The summed E-state index contributed by atoms with van der Waals surface area (Å²) < 4.78 is 12.2. The van der Waals surface area contributed by atoms with E-state index in [1.807, 2.05) is 35.7 Å².